The van der Waals surface area contributed by atoms with Crippen LogP contribution in [-0.2, 0) is 4.79 Å². The maximum atomic E-state index is 12.6. The molecule has 20 heavy (non-hydrogen) atoms. The summed E-state index contributed by atoms with van der Waals surface area (Å²) in [7, 11) is 0. The molecule has 0 aliphatic heterocycles. The van der Waals surface area contributed by atoms with E-state index in [1.165, 1.54) is 32.1 Å². The fourth-order valence-electron chi connectivity index (χ4n) is 5.03. The quantitative estimate of drug-likeness (QED) is 0.901. The van der Waals surface area contributed by atoms with Crippen LogP contribution in [0.15, 0.2) is 18.3 Å². The van der Waals surface area contributed by atoms with Gasteiger partial charge in [0.15, 0.2) is 5.82 Å². The van der Waals surface area contributed by atoms with E-state index in [0.717, 1.165) is 11.8 Å². The maximum absolute atomic E-state index is 12.6. The van der Waals surface area contributed by atoms with Crippen molar-refractivity contribution in [3.63, 3.8) is 0 Å². The molecule has 4 aliphatic carbocycles. The number of aromatic nitrogens is 1. The van der Waals surface area contributed by atoms with Gasteiger partial charge in [0.2, 0.25) is 5.91 Å². The Bertz CT molecular complexity index is 517. The molecule has 4 heteroatoms. The first-order valence-electron chi connectivity index (χ1n) is 7.62. The lowest BCUT2D eigenvalue weighted by atomic mass is 9.51. The van der Waals surface area contributed by atoms with E-state index in [1.54, 1.807) is 18.3 Å². The smallest absolute Gasteiger partial charge is 0.229 e. The summed E-state index contributed by atoms with van der Waals surface area (Å²) in [6.45, 7) is 0. The molecular formula is C16H19ClN2O. The SMILES string of the molecule is O=C(Nc1ncccc1Cl)C1C2CC3CC(C2)CC1C3. The first kappa shape index (κ1) is 12.6. The first-order valence-corrected chi connectivity index (χ1v) is 8.00. The van der Waals surface area contributed by atoms with E-state index in [2.05, 4.69) is 10.3 Å². The largest absolute Gasteiger partial charge is 0.309 e. The van der Waals surface area contributed by atoms with Crippen LogP contribution in [0, 0.1) is 29.6 Å². The summed E-state index contributed by atoms with van der Waals surface area (Å²) in [5.41, 5.74) is 0. The fraction of sp³-hybridized carbons (Fsp3) is 0.625. The summed E-state index contributed by atoms with van der Waals surface area (Å²) in [6, 6.07) is 3.54. The zero-order chi connectivity index (χ0) is 13.7. The van der Waals surface area contributed by atoms with Gasteiger partial charge in [-0.15, -0.1) is 0 Å². The van der Waals surface area contributed by atoms with Gasteiger partial charge in [0, 0.05) is 12.1 Å². The third kappa shape index (κ3) is 2.03. The van der Waals surface area contributed by atoms with Crippen LogP contribution in [0.25, 0.3) is 0 Å². The normalized spacial score (nSPS) is 38.0. The molecule has 1 heterocycles. The third-order valence-electron chi connectivity index (χ3n) is 5.53. The van der Waals surface area contributed by atoms with Gasteiger partial charge in [-0.3, -0.25) is 4.79 Å². The second-order valence-corrected chi connectivity index (χ2v) is 7.19. The molecule has 0 radical (unpaired) electrons. The van der Waals surface area contributed by atoms with Gasteiger partial charge in [0.05, 0.1) is 5.02 Å². The van der Waals surface area contributed by atoms with E-state index in [-0.39, 0.29) is 11.8 Å². The number of amides is 1. The van der Waals surface area contributed by atoms with Crippen LogP contribution in [-0.4, -0.2) is 10.9 Å². The number of anilines is 1. The average Bonchev–Trinajstić information content (AvgIpc) is 2.40. The molecule has 5 rings (SSSR count). The van der Waals surface area contributed by atoms with Crippen molar-refractivity contribution in [2.24, 2.45) is 29.6 Å². The van der Waals surface area contributed by atoms with Gasteiger partial charge in [-0.05, 0) is 67.9 Å². The Morgan fingerprint density at radius 2 is 1.80 bits per heavy atom. The number of carbonyl (C=O) groups excluding carboxylic acids is 1. The summed E-state index contributed by atoms with van der Waals surface area (Å²) in [5, 5.41) is 3.47. The molecule has 0 spiro atoms. The minimum atomic E-state index is 0.138. The van der Waals surface area contributed by atoms with Gasteiger partial charge >= 0.3 is 0 Å². The van der Waals surface area contributed by atoms with Gasteiger partial charge < -0.3 is 5.32 Å². The van der Waals surface area contributed by atoms with E-state index in [4.69, 9.17) is 11.6 Å². The number of hydrogen-bond acceptors (Lipinski definition) is 2. The Balaban J connectivity index is 1.53. The number of nitrogens with zero attached hydrogens (tertiary/aromatic N) is 1. The van der Waals surface area contributed by atoms with Crippen molar-refractivity contribution in [2.75, 3.05) is 5.32 Å². The lowest BCUT2D eigenvalue weighted by Crippen LogP contribution is -2.49. The van der Waals surface area contributed by atoms with E-state index < -0.39 is 0 Å². The van der Waals surface area contributed by atoms with E-state index in [1.807, 2.05) is 0 Å². The summed E-state index contributed by atoms with van der Waals surface area (Å²) in [5.74, 6) is 3.79. The summed E-state index contributed by atoms with van der Waals surface area (Å²) < 4.78 is 0. The predicted octanol–water partition coefficient (Wildman–Crippen LogP) is 3.75. The van der Waals surface area contributed by atoms with Crippen molar-refractivity contribution in [1.82, 2.24) is 4.98 Å². The van der Waals surface area contributed by atoms with Crippen molar-refractivity contribution >= 4 is 23.3 Å². The summed E-state index contributed by atoms with van der Waals surface area (Å²) >= 11 is 6.08. The van der Waals surface area contributed by atoms with Crippen LogP contribution < -0.4 is 5.32 Å². The van der Waals surface area contributed by atoms with Crippen LogP contribution in [0.4, 0.5) is 5.82 Å². The third-order valence-corrected chi connectivity index (χ3v) is 5.83. The maximum Gasteiger partial charge on any atom is 0.229 e. The summed E-state index contributed by atoms with van der Waals surface area (Å²) in [6.07, 6.45) is 8.08. The molecule has 0 saturated heterocycles. The molecule has 4 aliphatic rings. The monoisotopic (exact) mass is 290 g/mol. The molecule has 1 N–H and O–H groups in total. The molecule has 106 valence electrons. The van der Waals surface area contributed by atoms with Crippen LogP contribution in [0.1, 0.15) is 32.1 Å². The van der Waals surface area contributed by atoms with E-state index in [9.17, 15) is 4.79 Å². The highest BCUT2D eigenvalue weighted by molar-refractivity contribution is 6.33. The first-order chi connectivity index (χ1) is 9.70. The molecule has 3 nitrogen and oxygen atoms in total. The number of rotatable bonds is 2. The van der Waals surface area contributed by atoms with Gasteiger partial charge in [-0.1, -0.05) is 11.6 Å². The van der Waals surface area contributed by atoms with Crippen molar-refractivity contribution in [2.45, 2.75) is 32.1 Å². The standard InChI is InChI=1S/C16H19ClN2O/c17-13-2-1-3-18-15(13)19-16(20)14-11-5-9-4-10(7-11)8-12(14)6-9/h1-3,9-12,14H,4-8H2,(H,18,19,20). The lowest BCUT2D eigenvalue weighted by Gasteiger charge is -2.53. The van der Waals surface area contributed by atoms with Crippen LogP contribution in [0.3, 0.4) is 0 Å². The average molecular weight is 291 g/mol. The van der Waals surface area contributed by atoms with Crippen molar-refractivity contribution in [3.8, 4) is 0 Å². The molecule has 0 unspecified atom stereocenters. The van der Waals surface area contributed by atoms with Crippen LogP contribution >= 0.6 is 11.6 Å². The number of nitrogens with one attached hydrogen (secondary N) is 1. The Kier molecular flexibility index (Phi) is 2.99. The highest BCUT2D eigenvalue weighted by Crippen LogP contribution is 2.56. The highest BCUT2D eigenvalue weighted by atomic mass is 35.5. The zero-order valence-corrected chi connectivity index (χ0v) is 12.1. The minimum Gasteiger partial charge on any atom is -0.309 e. The second-order valence-electron chi connectivity index (χ2n) is 6.78. The minimum absolute atomic E-state index is 0.138. The van der Waals surface area contributed by atoms with Gasteiger partial charge in [0.1, 0.15) is 0 Å². The van der Waals surface area contributed by atoms with Gasteiger partial charge in [-0.2, -0.15) is 0 Å². The molecule has 4 bridgehead atoms. The van der Waals surface area contributed by atoms with E-state index in [0.29, 0.717) is 22.7 Å². The Labute approximate surface area is 124 Å². The molecule has 1 aromatic rings. The van der Waals surface area contributed by atoms with E-state index >= 15 is 0 Å². The Morgan fingerprint density at radius 1 is 1.15 bits per heavy atom. The molecule has 0 aromatic carbocycles. The topological polar surface area (TPSA) is 42.0 Å². The van der Waals surface area contributed by atoms with Gasteiger partial charge in [0.25, 0.3) is 0 Å². The zero-order valence-electron chi connectivity index (χ0n) is 11.4. The second kappa shape index (κ2) is 4.73. The number of halogens is 1. The predicted molar refractivity (Wildman–Crippen MR) is 78.4 cm³/mol. The molecule has 4 saturated carbocycles. The molecule has 0 atom stereocenters. The van der Waals surface area contributed by atoms with Crippen molar-refractivity contribution in [3.05, 3.63) is 23.4 Å². The molecule has 1 amide bonds. The lowest BCUT2D eigenvalue weighted by molar-refractivity contribution is -0.132. The van der Waals surface area contributed by atoms with Crippen LogP contribution in [0.5, 0.6) is 0 Å². The number of pyridine rings is 1. The summed E-state index contributed by atoms with van der Waals surface area (Å²) in [4.78, 5) is 16.8. The number of hydrogen-bond donors (Lipinski definition) is 1. The fourth-order valence-corrected chi connectivity index (χ4v) is 5.20. The molecular weight excluding hydrogens is 272 g/mol. The molecule has 4 fully saturated rings. The Hall–Kier alpha value is -1.09. The number of carbonyl (C=O) groups is 1. The van der Waals surface area contributed by atoms with Gasteiger partial charge in [-0.25, -0.2) is 4.98 Å². The van der Waals surface area contributed by atoms with Crippen molar-refractivity contribution in [1.29, 1.82) is 0 Å². The van der Waals surface area contributed by atoms with Crippen LogP contribution in [0.2, 0.25) is 5.02 Å². The van der Waals surface area contributed by atoms with Crippen molar-refractivity contribution < 1.29 is 4.79 Å². The Morgan fingerprint density at radius 3 is 2.40 bits per heavy atom. The highest BCUT2D eigenvalue weighted by Gasteiger charge is 2.50. The molecule has 1 aromatic heterocycles.